The summed E-state index contributed by atoms with van der Waals surface area (Å²) in [4.78, 5) is 4.11. The molecule has 1 aliphatic carbocycles. The molecule has 1 aromatic rings. The summed E-state index contributed by atoms with van der Waals surface area (Å²) in [5, 5.41) is 6.24. The van der Waals surface area contributed by atoms with Crippen molar-refractivity contribution in [2.24, 2.45) is 4.99 Å². The van der Waals surface area contributed by atoms with Crippen molar-refractivity contribution < 1.29 is 0 Å². The Balaban J connectivity index is 2.31. The third-order valence-corrected chi connectivity index (χ3v) is 4.09. The van der Waals surface area contributed by atoms with Crippen LogP contribution in [0.5, 0.6) is 0 Å². The molecule has 0 heterocycles. The summed E-state index contributed by atoms with van der Waals surface area (Å²) in [5.41, 5.74) is 2.41. The zero-order valence-corrected chi connectivity index (χ0v) is 12.4. The van der Waals surface area contributed by atoms with Crippen molar-refractivity contribution in [2.75, 3.05) is 6.54 Å². The van der Waals surface area contributed by atoms with Crippen LogP contribution in [0.25, 0.3) is 0 Å². The van der Waals surface area contributed by atoms with Crippen molar-refractivity contribution in [2.45, 2.75) is 51.0 Å². The van der Waals surface area contributed by atoms with Crippen LogP contribution in [0, 0.1) is 0 Å². The molecule has 102 valence electrons. The number of isothiocyanates is 1. The molecule has 0 bridgehead atoms. The van der Waals surface area contributed by atoms with Crippen molar-refractivity contribution in [1.29, 1.82) is 0 Å². The molecular weight excluding hydrogens is 252 g/mol. The highest BCUT2D eigenvalue weighted by atomic mass is 32.1. The van der Waals surface area contributed by atoms with Crippen LogP contribution in [0.4, 0.5) is 5.69 Å². The number of hydrogen-bond donors (Lipinski definition) is 1. The first-order chi connectivity index (χ1) is 9.30. The number of benzene rings is 1. The van der Waals surface area contributed by atoms with Gasteiger partial charge in [-0.15, -0.1) is 0 Å². The summed E-state index contributed by atoms with van der Waals surface area (Å²) in [5.74, 6) is 0. The van der Waals surface area contributed by atoms with E-state index in [0.717, 1.165) is 12.2 Å². The normalized spacial score (nSPS) is 17.7. The largest absolute Gasteiger partial charge is 0.307 e. The van der Waals surface area contributed by atoms with Crippen molar-refractivity contribution in [3.8, 4) is 0 Å². The summed E-state index contributed by atoms with van der Waals surface area (Å²) in [6.45, 7) is 3.29. The molecule has 0 saturated heterocycles. The predicted molar refractivity (Wildman–Crippen MR) is 84.2 cm³/mol. The molecule has 1 fully saturated rings. The molecule has 0 aromatic heterocycles. The fourth-order valence-electron chi connectivity index (χ4n) is 3.01. The van der Waals surface area contributed by atoms with Crippen LogP contribution in [-0.4, -0.2) is 11.7 Å². The highest BCUT2D eigenvalue weighted by molar-refractivity contribution is 7.78. The maximum absolute atomic E-state index is 4.70. The zero-order valence-electron chi connectivity index (χ0n) is 11.6. The second-order valence-corrected chi connectivity index (χ2v) is 5.51. The van der Waals surface area contributed by atoms with Gasteiger partial charge < -0.3 is 5.32 Å². The van der Waals surface area contributed by atoms with Gasteiger partial charge >= 0.3 is 0 Å². The van der Waals surface area contributed by atoms with Gasteiger partial charge in [0.2, 0.25) is 0 Å². The minimum Gasteiger partial charge on any atom is -0.307 e. The third-order valence-electron chi connectivity index (χ3n) is 3.99. The van der Waals surface area contributed by atoms with Crippen LogP contribution in [0.2, 0.25) is 0 Å². The predicted octanol–water partition coefficient (Wildman–Crippen LogP) is 4.58. The van der Waals surface area contributed by atoms with Crippen molar-refractivity contribution >= 4 is 23.1 Å². The Bertz CT molecular complexity index is 458. The molecule has 19 heavy (non-hydrogen) atoms. The van der Waals surface area contributed by atoms with Crippen molar-refractivity contribution in [3.63, 3.8) is 0 Å². The van der Waals surface area contributed by atoms with Crippen LogP contribution < -0.4 is 5.32 Å². The molecule has 1 aromatic carbocycles. The standard InChI is InChI=1S/C16H22N2S/c1-2-11-18-16(9-4-3-5-10-16)14-7-6-8-15(12-14)17-13-19/h6-8,12,18H,2-5,9-11H2,1H3. The maximum Gasteiger partial charge on any atom is 0.0743 e. The van der Waals surface area contributed by atoms with Crippen molar-refractivity contribution in [1.82, 2.24) is 5.32 Å². The number of rotatable bonds is 5. The average molecular weight is 274 g/mol. The molecule has 3 heteroatoms. The van der Waals surface area contributed by atoms with Gasteiger partial charge in [-0.1, -0.05) is 38.3 Å². The molecule has 0 unspecified atom stereocenters. The van der Waals surface area contributed by atoms with Gasteiger partial charge in [0.1, 0.15) is 0 Å². The number of hydrogen-bond acceptors (Lipinski definition) is 3. The molecule has 0 aliphatic heterocycles. The molecule has 0 atom stereocenters. The van der Waals surface area contributed by atoms with Gasteiger partial charge in [0, 0.05) is 5.54 Å². The van der Waals surface area contributed by atoms with E-state index in [1.807, 2.05) is 6.07 Å². The van der Waals surface area contributed by atoms with E-state index in [-0.39, 0.29) is 5.54 Å². The van der Waals surface area contributed by atoms with Gasteiger partial charge in [0.05, 0.1) is 10.8 Å². The second kappa shape index (κ2) is 6.95. The Hall–Kier alpha value is -1.02. The molecular formula is C16H22N2S. The molecule has 0 radical (unpaired) electrons. The maximum atomic E-state index is 4.70. The number of nitrogens with one attached hydrogen (secondary N) is 1. The lowest BCUT2D eigenvalue weighted by atomic mass is 9.76. The number of thiocarbonyl (C=S) groups is 1. The average Bonchev–Trinajstić information content (AvgIpc) is 2.47. The third kappa shape index (κ3) is 3.50. The Morgan fingerprint density at radius 2 is 2.11 bits per heavy atom. The Labute approximate surface area is 121 Å². The minimum absolute atomic E-state index is 0.140. The monoisotopic (exact) mass is 274 g/mol. The molecule has 1 aliphatic rings. The lowest BCUT2D eigenvalue weighted by molar-refractivity contribution is 0.234. The molecule has 2 nitrogen and oxygen atoms in total. The molecule has 1 N–H and O–H groups in total. The highest BCUT2D eigenvalue weighted by Gasteiger charge is 2.33. The summed E-state index contributed by atoms with van der Waals surface area (Å²) < 4.78 is 0. The Morgan fingerprint density at radius 1 is 1.32 bits per heavy atom. The van der Waals surface area contributed by atoms with E-state index >= 15 is 0 Å². The lowest BCUT2D eigenvalue weighted by Gasteiger charge is -2.39. The fourth-order valence-corrected chi connectivity index (χ4v) is 3.12. The first-order valence-corrected chi connectivity index (χ1v) is 7.65. The molecule has 1 saturated carbocycles. The van der Waals surface area contributed by atoms with Crippen LogP contribution in [0.1, 0.15) is 51.0 Å². The van der Waals surface area contributed by atoms with E-state index in [2.05, 4.69) is 40.6 Å². The quantitative estimate of drug-likeness (QED) is 0.628. The van der Waals surface area contributed by atoms with E-state index in [1.54, 1.807) is 0 Å². The molecule has 0 spiro atoms. The smallest absolute Gasteiger partial charge is 0.0743 e. The molecule has 2 rings (SSSR count). The van der Waals surface area contributed by atoms with Gasteiger partial charge in [-0.05, 0) is 55.7 Å². The van der Waals surface area contributed by atoms with Gasteiger partial charge in [0.25, 0.3) is 0 Å². The van der Waals surface area contributed by atoms with E-state index in [9.17, 15) is 0 Å². The van der Waals surface area contributed by atoms with E-state index in [1.165, 1.54) is 44.1 Å². The van der Waals surface area contributed by atoms with Crippen LogP contribution in [-0.2, 0) is 5.54 Å². The first kappa shape index (κ1) is 14.4. The summed E-state index contributed by atoms with van der Waals surface area (Å²) in [6, 6.07) is 8.44. The fraction of sp³-hybridized carbons (Fsp3) is 0.562. The van der Waals surface area contributed by atoms with Gasteiger partial charge in [-0.25, -0.2) is 0 Å². The minimum atomic E-state index is 0.140. The molecule has 0 amide bonds. The zero-order chi connectivity index (χ0) is 13.6. The number of aliphatic imine (C=N–C) groups is 1. The highest BCUT2D eigenvalue weighted by Crippen LogP contribution is 2.38. The first-order valence-electron chi connectivity index (χ1n) is 7.24. The van der Waals surface area contributed by atoms with Gasteiger partial charge in [-0.2, -0.15) is 4.99 Å². The Kier molecular flexibility index (Phi) is 5.26. The van der Waals surface area contributed by atoms with Crippen LogP contribution >= 0.6 is 12.2 Å². The van der Waals surface area contributed by atoms with Gasteiger partial charge in [0.15, 0.2) is 0 Å². The van der Waals surface area contributed by atoms with E-state index < -0.39 is 0 Å². The Morgan fingerprint density at radius 3 is 2.79 bits per heavy atom. The van der Waals surface area contributed by atoms with E-state index in [4.69, 9.17) is 12.2 Å². The lowest BCUT2D eigenvalue weighted by Crippen LogP contribution is -2.44. The second-order valence-electron chi connectivity index (χ2n) is 5.32. The summed E-state index contributed by atoms with van der Waals surface area (Å²) >= 11 is 4.70. The topological polar surface area (TPSA) is 24.4 Å². The SMILES string of the molecule is CCCNC1(c2cccc(N=C=S)c2)CCCCC1. The van der Waals surface area contributed by atoms with Gasteiger partial charge in [-0.3, -0.25) is 0 Å². The number of nitrogens with zero attached hydrogens (tertiary/aromatic N) is 1. The summed E-state index contributed by atoms with van der Waals surface area (Å²) in [6.07, 6.45) is 7.57. The van der Waals surface area contributed by atoms with Crippen LogP contribution in [0.15, 0.2) is 29.3 Å². The summed E-state index contributed by atoms with van der Waals surface area (Å²) in [7, 11) is 0. The van der Waals surface area contributed by atoms with E-state index in [0.29, 0.717) is 0 Å². The van der Waals surface area contributed by atoms with Crippen molar-refractivity contribution in [3.05, 3.63) is 29.8 Å². The van der Waals surface area contributed by atoms with Crippen LogP contribution in [0.3, 0.4) is 0 Å².